The van der Waals surface area contributed by atoms with Gasteiger partial charge in [-0.3, -0.25) is 0 Å². The Labute approximate surface area is 94.7 Å². The van der Waals surface area contributed by atoms with Gasteiger partial charge in [-0.2, -0.15) is 0 Å². The summed E-state index contributed by atoms with van der Waals surface area (Å²) in [5.41, 5.74) is 7.33. The summed E-state index contributed by atoms with van der Waals surface area (Å²) < 4.78 is 5.46. The van der Waals surface area contributed by atoms with Crippen LogP contribution in [0.5, 0.6) is 0 Å². The van der Waals surface area contributed by atoms with Crippen LogP contribution in [0, 0.1) is 19.8 Å². The van der Waals surface area contributed by atoms with Crippen LogP contribution in [0.4, 0.5) is 0 Å². The highest BCUT2D eigenvalue weighted by Crippen LogP contribution is 2.30. The first-order chi connectivity index (χ1) is 7.18. The number of aryl methyl sites for hydroxylation is 2. The smallest absolute Gasteiger partial charge is 0.110 e. The van der Waals surface area contributed by atoms with E-state index in [9.17, 15) is 0 Å². The molecule has 1 aromatic heterocycles. The molecule has 0 bridgehead atoms. The van der Waals surface area contributed by atoms with Crippen LogP contribution >= 0.6 is 11.3 Å². The number of ether oxygens (including phenoxy) is 1. The van der Waals surface area contributed by atoms with E-state index in [0.29, 0.717) is 5.92 Å². The molecule has 1 aromatic rings. The van der Waals surface area contributed by atoms with Gasteiger partial charge in [-0.25, -0.2) is 4.98 Å². The van der Waals surface area contributed by atoms with Crippen LogP contribution in [0.15, 0.2) is 0 Å². The molecule has 1 aliphatic rings. The molecule has 0 amide bonds. The third-order valence-corrected chi connectivity index (χ3v) is 4.21. The summed E-state index contributed by atoms with van der Waals surface area (Å²) in [4.78, 5) is 5.80. The fraction of sp³-hybridized carbons (Fsp3) is 0.727. The van der Waals surface area contributed by atoms with E-state index in [0.717, 1.165) is 30.3 Å². The second-order valence-corrected chi connectivity index (χ2v) is 5.43. The summed E-state index contributed by atoms with van der Waals surface area (Å²) in [5.74, 6) is 0.448. The van der Waals surface area contributed by atoms with Crippen molar-refractivity contribution in [1.82, 2.24) is 4.98 Å². The fourth-order valence-corrected chi connectivity index (χ4v) is 2.91. The minimum atomic E-state index is 0.0581. The van der Waals surface area contributed by atoms with E-state index in [4.69, 9.17) is 10.5 Å². The lowest BCUT2D eigenvalue weighted by Gasteiger charge is -2.26. The fourth-order valence-electron chi connectivity index (χ4n) is 1.89. The van der Waals surface area contributed by atoms with Crippen LogP contribution in [0.2, 0.25) is 0 Å². The molecule has 4 heteroatoms. The summed E-state index contributed by atoms with van der Waals surface area (Å²) >= 11 is 1.72. The lowest BCUT2D eigenvalue weighted by Crippen LogP contribution is -2.28. The minimum absolute atomic E-state index is 0.0581. The lowest BCUT2D eigenvalue weighted by molar-refractivity contribution is 0.0447. The average Bonchev–Trinajstić information content (AvgIpc) is 2.59. The van der Waals surface area contributed by atoms with Crippen molar-refractivity contribution in [3.05, 3.63) is 15.6 Å². The van der Waals surface area contributed by atoms with Gasteiger partial charge >= 0.3 is 0 Å². The quantitative estimate of drug-likeness (QED) is 0.841. The zero-order valence-electron chi connectivity index (χ0n) is 9.32. The van der Waals surface area contributed by atoms with Crippen LogP contribution in [0.25, 0.3) is 0 Å². The molecule has 2 unspecified atom stereocenters. The molecule has 0 saturated carbocycles. The molecule has 15 heavy (non-hydrogen) atoms. The molecular weight excluding hydrogens is 208 g/mol. The van der Waals surface area contributed by atoms with Crippen molar-refractivity contribution < 1.29 is 4.74 Å². The average molecular weight is 226 g/mol. The summed E-state index contributed by atoms with van der Waals surface area (Å²) in [7, 11) is 0. The Kier molecular flexibility index (Phi) is 3.38. The Morgan fingerprint density at radius 2 is 2.33 bits per heavy atom. The van der Waals surface area contributed by atoms with Gasteiger partial charge < -0.3 is 10.5 Å². The van der Waals surface area contributed by atoms with Crippen molar-refractivity contribution in [3.63, 3.8) is 0 Å². The second-order valence-electron chi connectivity index (χ2n) is 4.20. The maximum atomic E-state index is 6.22. The first-order valence-electron chi connectivity index (χ1n) is 5.45. The molecule has 2 heterocycles. The van der Waals surface area contributed by atoms with Gasteiger partial charge in [0.1, 0.15) is 5.01 Å². The molecular formula is C11H18N2OS. The zero-order chi connectivity index (χ0) is 10.8. The molecule has 1 fully saturated rings. The molecule has 84 valence electrons. The molecule has 0 aromatic carbocycles. The van der Waals surface area contributed by atoms with Crippen molar-refractivity contribution in [2.24, 2.45) is 11.7 Å². The van der Waals surface area contributed by atoms with Crippen molar-refractivity contribution in [2.75, 3.05) is 13.2 Å². The van der Waals surface area contributed by atoms with E-state index < -0.39 is 0 Å². The van der Waals surface area contributed by atoms with E-state index in [1.54, 1.807) is 11.3 Å². The highest BCUT2D eigenvalue weighted by Gasteiger charge is 2.24. The van der Waals surface area contributed by atoms with E-state index in [2.05, 4.69) is 11.9 Å². The summed E-state index contributed by atoms with van der Waals surface area (Å²) in [5, 5.41) is 1.07. The summed E-state index contributed by atoms with van der Waals surface area (Å²) in [6, 6.07) is 0.0581. The van der Waals surface area contributed by atoms with Crippen LogP contribution in [0.1, 0.15) is 34.5 Å². The molecule has 0 aliphatic carbocycles. The van der Waals surface area contributed by atoms with Gasteiger partial charge in [-0.05, 0) is 26.7 Å². The van der Waals surface area contributed by atoms with Crippen molar-refractivity contribution in [2.45, 2.75) is 32.7 Å². The Morgan fingerprint density at radius 3 is 2.87 bits per heavy atom. The molecule has 2 rings (SSSR count). The van der Waals surface area contributed by atoms with Crippen molar-refractivity contribution in [3.8, 4) is 0 Å². The van der Waals surface area contributed by atoms with Crippen LogP contribution in [-0.2, 0) is 4.74 Å². The normalized spacial score (nSPS) is 24.1. The van der Waals surface area contributed by atoms with Gasteiger partial charge in [-0.15, -0.1) is 11.3 Å². The first-order valence-corrected chi connectivity index (χ1v) is 6.27. The van der Waals surface area contributed by atoms with E-state index in [1.165, 1.54) is 11.3 Å². The van der Waals surface area contributed by atoms with Gasteiger partial charge in [0, 0.05) is 17.4 Å². The number of nitrogens with zero attached hydrogens (tertiary/aromatic N) is 1. The van der Waals surface area contributed by atoms with Crippen LogP contribution < -0.4 is 5.73 Å². The van der Waals surface area contributed by atoms with Gasteiger partial charge in [0.2, 0.25) is 0 Å². The Morgan fingerprint density at radius 1 is 1.53 bits per heavy atom. The molecule has 0 radical (unpaired) electrons. The Hall–Kier alpha value is -0.450. The first kappa shape index (κ1) is 11.0. The van der Waals surface area contributed by atoms with E-state index in [-0.39, 0.29) is 6.04 Å². The van der Waals surface area contributed by atoms with Crippen LogP contribution in [-0.4, -0.2) is 18.2 Å². The number of hydrogen-bond donors (Lipinski definition) is 1. The van der Waals surface area contributed by atoms with E-state index in [1.807, 2.05) is 6.92 Å². The van der Waals surface area contributed by atoms with Gasteiger partial charge in [0.05, 0.1) is 18.3 Å². The number of rotatable bonds is 2. The van der Waals surface area contributed by atoms with Crippen LogP contribution in [0.3, 0.4) is 0 Å². The number of hydrogen-bond acceptors (Lipinski definition) is 4. The topological polar surface area (TPSA) is 48.1 Å². The SMILES string of the molecule is Cc1nc(C(N)C2CCCOC2)sc1C. The van der Waals surface area contributed by atoms with E-state index >= 15 is 0 Å². The molecule has 2 atom stereocenters. The summed E-state index contributed by atoms with van der Waals surface area (Å²) in [6.45, 7) is 5.82. The zero-order valence-corrected chi connectivity index (χ0v) is 10.1. The van der Waals surface area contributed by atoms with Gasteiger partial charge in [0.15, 0.2) is 0 Å². The molecule has 1 saturated heterocycles. The number of nitrogens with two attached hydrogens (primary N) is 1. The highest BCUT2D eigenvalue weighted by atomic mass is 32.1. The standard InChI is InChI=1S/C11H18N2OS/c1-7-8(2)15-11(13-7)10(12)9-4-3-5-14-6-9/h9-10H,3-6,12H2,1-2H3. The van der Waals surface area contributed by atoms with Gasteiger partial charge in [-0.1, -0.05) is 0 Å². The number of aromatic nitrogens is 1. The second kappa shape index (κ2) is 4.60. The minimum Gasteiger partial charge on any atom is -0.381 e. The Bertz CT molecular complexity index is 312. The molecule has 2 N–H and O–H groups in total. The predicted octanol–water partition coefficient (Wildman–Crippen LogP) is 2.19. The Balaban J connectivity index is 2.08. The molecule has 3 nitrogen and oxygen atoms in total. The third kappa shape index (κ3) is 2.38. The molecule has 0 spiro atoms. The largest absolute Gasteiger partial charge is 0.381 e. The maximum Gasteiger partial charge on any atom is 0.110 e. The van der Waals surface area contributed by atoms with Crippen molar-refractivity contribution >= 4 is 11.3 Å². The highest BCUT2D eigenvalue weighted by molar-refractivity contribution is 7.11. The monoisotopic (exact) mass is 226 g/mol. The van der Waals surface area contributed by atoms with Gasteiger partial charge in [0.25, 0.3) is 0 Å². The lowest BCUT2D eigenvalue weighted by atomic mass is 9.95. The number of thiazole rings is 1. The van der Waals surface area contributed by atoms with Crippen molar-refractivity contribution in [1.29, 1.82) is 0 Å². The maximum absolute atomic E-state index is 6.22. The summed E-state index contributed by atoms with van der Waals surface area (Å²) in [6.07, 6.45) is 2.29. The predicted molar refractivity (Wildman–Crippen MR) is 62.1 cm³/mol. The third-order valence-electron chi connectivity index (χ3n) is 3.03. The molecule has 1 aliphatic heterocycles.